The second kappa shape index (κ2) is 9.32. The maximum Gasteiger partial charge on any atom is 0.254 e. The number of carbonyl (C=O) groups is 2. The fourth-order valence-corrected chi connectivity index (χ4v) is 2.88. The lowest BCUT2D eigenvalue weighted by molar-refractivity contribution is -0.115. The highest BCUT2D eigenvalue weighted by atomic mass is 32.2. The molecule has 0 saturated heterocycles. The predicted octanol–water partition coefficient (Wildman–Crippen LogP) is 2.10. The minimum absolute atomic E-state index is 0.122. The molecule has 0 aliphatic rings. The molecule has 3 N–H and O–H groups in total. The Kier molecular flexibility index (Phi) is 7.10. The first-order valence-corrected chi connectivity index (χ1v) is 10.0. The third-order valence-electron chi connectivity index (χ3n) is 3.72. The first-order valence-electron chi connectivity index (χ1n) is 8.36. The van der Waals surface area contributed by atoms with Crippen LogP contribution in [0.2, 0.25) is 0 Å². The molecule has 0 aromatic heterocycles. The molecule has 2 rings (SSSR count). The molecule has 0 saturated carbocycles. The van der Waals surface area contributed by atoms with Gasteiger partial charge in [-0.15, -0.1) is 0 Å². The summed E-state index contributed by atoms with van der Waals surface area (Å²) in [4.78, 5) is 23.9. The van der Waals surface area contributed by atoms with E-state index in [1.165, 1.54) is 32.2 Å². The van der Waals surface area contributed by atoms with Gasteiger partial charge in [-0.2, -0.15) is 0 Å². The van der Waals surface area contributed by atoms with Gasteiger partial charge in [0.05, 0.1) is 30.7 Å². The van der Waals surface area contributed by atoms with E-state index in [0.29, 0.717) is 6.07 Å². The molecule has 2 aromatic rings. The van der Waals surface area contributed by atoms with E-state index in [1.807, 2.05) is 0 Å². The van der Waals surface area contributed by atoms with Crippen molar-refractivity contribution in [2.45, 2.75) is 6.92 Å². The molecular weight excluding hydrogens is 408 g/mol. The Hall–Kier alpha value is -3.21. The number of anilines is 2. The van der Waals surface area contributed by atoms with Gasteiger partial charge >= 0.3 is 0 Å². The topological polar surface area (TPSA) is 114 Å². The molecule has 156 valence electrons. The average molecular weight is 427 g/mol. The van der Waals surface area contributed by atoms with Crippen LogP contribution in [0.4, 0.5) is 20.2 Å². The molecule has 0 bridgehead atoms. The fraction of sp³-hybridized carbons (Fsp3) is 0.222. The summed E-state index contributed by atoms with van der Waals surface area (Å²) in [5, 5.41) is 4.71. The Balaban J connectivity index is 2.00. The van der Waals surface area contributed by atoms with Gasteiger partial charge in [-0.05, 0) is 31.2 Å². The second-order valence-corrected chi connectivity index (χ2v) is 7.79. The quantitative estimate of drug-likeness (QED) is 0.597. The van der Waals surface area contributed by atoms with Crippen molar-refractivity contribution in [1.82, 2.24) is 5.32 Å². The number of hydrogen-bond acceptors (Lipinski definition) is 5. The fourth-order valence-electron chi connectivity index (χ4n) is 2.23. The SMILES string of the molecule is CCS(=O)(=O)Nc1ccc(NC(=O)CNC(=O)c2ccc(F)cc2F)cc1OC. The van der Waals surface area contributed by atoms with Crippen molar-refractivity contribution >= 4 is 33.2 Å². The Morgan fingerprint density at radius 2 is 1.83 bits per heavy atom. The van der Waals surface area contributed by atoms with Gasteiger partial charge in [0.15, 0.2) is 0 Å². The van der Waals surface area contributed by atoms with Gasteiger partial charge in [-0.25, -0.2) is 17.2 Å². The summed E-state index contributed by atoms with van der Waals surface area (Å²) in [6, 6.07) is 6.71. The summed E-state index contributed by atoms with van der Waals surface area (Å²) in [7, 11) is -2.18. The van der Waals surface area contributed by atoms with Crippen molar-refractivity contribution < 1.29 is 31.5 Å². The summed E-state index contributed by atoms with van der Waals surface area (Å²) >= 11 is 0. The Labute approximate surface area is 166 Å². The van der Waals surface area contributed by atoms with Crippen molar-refractivity contribution in [1.29, 1.82) is 0 Å². The number of carbonyl (C=O) groups excluding carboxylic acids is 2. The van der Waals surface area contributed by atoms with Crippen molar-refractivity contribution in [2.75, 3.05) is 29.4 Å². The molecule has 8 nitrogen and oxygen atoms in total. The minimum Gasteiger partial charge on any atom is -0.494 e. The lowest BCUT2D eigenvalue weighted by atomic mass is 10.2. The molecule has 0 unspecified atom stereocenters. The van der Waals surface area contributed by atoms with Crippen LogP contribution in [0.25, 0.3) is 0 Å². The number of ether oxygens (including phenoxy) is 1. The van der Waals surface area contributed by atoms with Gasteiger partial charge < -0.3 is 15.4 Å². The molecule has 0 atom stereocenters. The number of sulfonamides is 1. The molecule has 2 aromatic carbocycles. The normalized spacial score (nSPS) is 10.9. The van der Waals surface area contributed by atoms with Crippen LogP contribution < -0.4 is 20.1 Å². The average Bonchev–Trinajstić information content (AvgIpc) is 2.67. The predicted molar refractivity (Wildman–Crippen MR) is 103 cm³/mol. The van der Waals surface area contributed by atoms with E-state index in [9.17, 15) is 26.8 Å². The standard InChI is InChI=1S/C18H19F2N3O5S/c1-3-29(26,27)23-15-7-5-12(9-16(15)28-2)22-17(24)10-21-18(25)13-6-4-11(19)8-14(13)20/h4-9,23H,3,10H2,1-2H3,(H,21,25)(H,22,24). The van der Waals surface area contributed by atoms with E-state index in [4.69, 9.17) is 4.74 Å². The van der Waals surface area contributed by atoms with Crippen LogP contribution in [0.5, 0.6) is 5.75 Å². The Morgan fingerprint density at radius 3 is 2.45 bits per heavy atom. The molecule has 2 amide bonds. The number of rotatable bonds is 8. The second-order valence-electron chi connectivity index (χ2n) is 5.78. The highest BCUT2D eigenvalue weighted by Gasteiger charge is 2.15. The monoisotopic (exact) mass is 427 g/mol. The first kappa shape index (κ1) is 22.1. The van der Waals surface area contributed by atoms with Crippen LogP contribution in [-0.2, 0) is 14.8 Å². The smallest absolute Gasteiger partial charge is 0.254 e. The molecule has 0 fully saturated rings. The largest absolute Gasteiger partial charge is 0.494 e. The van der Waals surface area contributed by atoms with Gasteiger partial charge in [-0.3, -0.25) is 14.3 Å². The number of halogens is 2. The van der Waals surface area contributed by atoms with Gasteiger partial charge in [0.1, 0.15) is 17.4 Å². The summed E-state index contributed by atoms with van der Waals surface area (Å²) in [6.07, 6.45) is 0. The molecule has 29 heavy (non-hydrogen) atoms. The Morgan fingerprint density at radius 1 is 1.10 bits per heavy atom. The van der Waals surface area contributed by atoms with Crippen molar-refractivity contribution in [3.63, 3.8) is 0 Å². The van der Waals surface area contributed by atoms with Gasteiger partial charge in [0.25, 0.3) is 5.91 Å². The van der Waals surface area contributed by atoms with Crippen LogP contribution >= 0.6 is 0 Å². The van der Waals surface area contributed by atoms with Crippen LogP contribution in [0.15, 0.2) is 36.4 Å². The minimum atomic E-state index is -3.51. The summed E-state index contributed by atoms with van der Waals surface area (Å²) in [5.41, 5.74) is 0.0920. The zero-order chi connectivity index (χ0) is 21.6. The Bertz CT molecular complexity index is 1030. The first-order chi connectivity index (χ1) is 13.6. The molecule has 11 heteroatoms. The maximum absolute atomic E-state index is 13.6. The summed E-state index contributed by atoms with van der Waals surface area (Å²) in [5.74, 6) is -3.31. The van der Waals surface area contributed by atoms with E-state index in [-0.39, 0.29) is 22.9 Å². The zero-order valence-electron chi connectivity index (χ0n) is 15.6. The third-order valence-corrected chi connectivity index (χ3v) is 5.01. The molecular formula is C18H19F2N3O5S. The third kappa shape index (κ3) is 6.14. The number of hydrogen-bond donors (Lipinski definition) is 3. The van der Waals surface area contributed by atoms with Crippen molar-refractivity contribution in [2.24, 2.45) is 0 Å². The molecule has 0 aliphatic heterocycles. The van der Waals surface area contributed by atoms with Crippen LogP contribution in [0, 0.1) is 11.6 Å². The lowest BCUT2D eigenvalue weighted by Crippen LogP contribution is -2.33. The van der Waals surface area contributed by atoms with Crippen molar-refractivity contribution in [3.8, 4) is 5.75 Å². The van der Waals surface area contributed by atoms with E-state index < -0.39 is 45.6 Å². The van der Waals surface area contributed by atoms with E-state index >= 15 is 0 Å². The van der Waals surface area contributed by atoms with Gasteiger partial charge in [0, 0.05) is 17.8 Å². The maximum atomic E-state index is 13.6. The lowest BCUT2D eigenvalue weighted by Gasteiger charge is -2.13. The van der Waals surface area contributed by atoms with Gasteiger partial charge in [-0.1, -0.05) is 0 Å². The molecule has 0 spiro atoms. The molecule has 0 heterocycles. The number of methoxy groups -OCH3 is 1. The highest BCUT2D eigenvalue weighted by molar-refractivity contribution is 7.92. The van der Waals surface area contributed by atoms with Crippen LogP contribution in [0.1, 0.15) is 17.3 Å². The van der Waals surface area contributed by atoms with Gasteiger partial charge in [0.2, 0.25) is 15.9 Å². The van der Waals surface area contributed by atoms with Crippen molar-refractivity contribution in [3.05, 3.63) is 53.6 Å². The van der Waals surface area contributed by atoms with Crippen LogP contribution in [-0.4, -0.2) is 39.6 Å². The molecule has 0 radical (unpaired) electrons. The zero-order valence-corrected chi connectivity index (χ0v) is 16.4. The van der Waals surface area contributed by atoms with Crippen LogP contribution in [0.3, 0.4) is 0 Å². The van der Waals surface area contributed by atoms with E-state index in [0.717, 1.165) is 12.1 Å². The van der Waals surface area contributed by atoms with E-state index in [1.54, 1.807) is 0 Å². The highest BCUT2D eigenvalue weighted by Crippen LogP contribution is 2.28. The molecule has 0 aliphatic carbocycles. The number of benzene rings is 2. The van der Waals surface area contributed by atoms with E-state index in [2.05, 4.69) is 15.4 Å². The number of nitrogens with one attached hydrogen (secondary N) is 3. The number of amides is 2. The summed E-state index contributed by atoms with van der Waals surface area (Å²) in [6.45, 7) is 1.01. The summed E-state index contributed by atoms with van der Waals surface area (Å²) < 4.78 is 57.3.